The lowest BCUT2D eigenvalue weighted by Gasteiger charge is -2.38. The van der Waals surface area contributed by atoms with Crippen molar-refractivity contribution in [3.8, 4) is 11.5 Å². The predicted octanol–water partition coefficient (Wildman–Crippen LogP) is 3.16. The molecule has 2 atom stereocenters. The lowest BCUT2D eigenvalue weighted by molar-refractivity contribution is 0.171. The van der Waals surface area contributed by atoms with Gasteiger partial charge in [-0.15, -0.1) is 0 Å². The van der Waals surface area contributed by atoms with Crippen molar-refractivity contribution < 1.29 is 9.47 Å². The molecule has 2 heterocycles. The Hall–Kier alpha value is -2.20. The Bertz CT molecular complexity index is 729. The van der Waals surface area contributed by atoms with Crippen LogP contribution in [0.25, 0.3) is 0 Å². The molecule has 1 saturated heterocycles. The average molecular weight is 338 g/mol. The van der Waals surface area contributed by atoms with Crippen molar-refractivity contribution in [2.45, 2.75) is 25.8 Å². The van der Waals surface area contributed by atoms with E-state index in [1.807, 2.05) is 6.07 Å². The maximum Gasteiger partial charge on any atom is 0.163 e. The highest BCUT2D eigenvalue weighted by molar-refractivity contribution is 5.57. The molecule has 4 nitrogen and oxygen atoms in total. The molecule has 4 rings (SSSR count). The first kappa shape index (κ1) is 16.3. The highest BCUT2D eigenvalue weighted by Gasteiger charge is 2.26. The van der Waals surface area contributed by atoms with Crippen LogP contribution in [0.2, 0.25) is 0 Å². The quantitative estimate of drug-likeness (QED) is 0.934. The Morgan fingerprint density at radius 2 is 1.76 bits per heavy atom. The van der Waals surface area contributed by atoms with Gasteiger partial charge >= 0.3 is 0 Å². The van der Waals surface area contributed by atoms with Gasteiger partial charge in [-0.05, 0) is 43.4 Å². The number of fused-ring (bicyclic) bond motifs is 1. The molecule has 0 amide bonds. The Labute approximate surface area is 149 Å². The van der Waals surface area contributed by atoms with Crippen LogP contribution in [-0.2, 0) is 6.42 Å². The number of benzene rings is 2. The highest BCUT2D eigenvalue weighted by atomic mass is 16.6. The number of nitrogens with two attached hydrogens (primary N) is 1. The topological polar surface area (TPSA) is 47.7 Å². The number of ether oxygens (including phenoxy) is 2. The molecule has 132 valence electrons. The van der Waals surface area contributed by atoms with Crippen LogP contribution in [0.5, 0.6) is 11.5 Å². The first-order valence-electron chi connectivity index (χ1n) is 9.13. The molecule has 0 saturated carbocycles. The van der Waals surface area contributed by atoms with E-state index in [1.165, 1.54) is 16.8 Å². The summed E-state index contributed by atoms with van der Waals surface area (Å²) in [6, 6.07) is 15.3. The summed E-state index contributed by atoms with van der Waals surface area (Å²) in [5.74, 6) is 2.25. The summed E-state index contributed by atoms with van der Waals surface area (Å²) >= 11 is 0. The summed E-state index contributed by atoms with van der Waals surface area (Å²) in [5.41, 5.74) is 10.2. The Balaban J connectivity index is 1.49. The van der Waals surface area contributed by atoms with Gasteiger partial charge in [-0.25, -0.2) is 0 Å². The van der Waals surface area contributed by atoms with Gasteiger partial charge < -0.3 is 20.1 Å². The lowest BCUT2D eigenvalue weighted by atomic mass is 9.88. The van der Waals surface area contributed by atoms with Gasteiger partial charge in [0, 0.05) is 30.9 Å². The maximum atomic E-state index is 6.37. The maximum absolute atomic E-state index is 6.37. The van der Waals surface area contributed by atoms with Gasteiger partial charge in [0.05, 0.1) is 0 Å². The minimum atomic E-state index is 0.206. The van der Waals surface area contributed by atoms with Crippen LogP contribution in [-0.4, -0.2) is 32.3 Å². The first-order valence-corrected chi connectivity index (χ1v) is 9.13. The van der Waals surface area contributed by atoms with Gasteiger partial charge in [0.2, 0.25) is 0 Å². The lowest BCUT2D eigenvalue weighted by Crippen LogP contribution is -2.47. The molecule has 2 aromatic rings. The third-order valence-corrected chi connectivity index (χ3v) is 5.11. The number of nitrogens with zero attached hydrogens (tertiary/aromatic N) is 1. The molecule has 1 fully saturated rings. The SMILES string of the molecule is Cc1ccc(CC2CC(N)CN(c3ccc4c(c3)OCCO4)C2)cc1. The van der Waals surface area contributed by atoms with Gasteiger partial charge in [-0.2, -0.15) is 0 Å². The standard InChI is InChI=1S/C21H26N2O2/c1-15-2-4-16(5-3-15)10-17-11-18(22)14-23(13-17)19-6-7-20-21(12-19)25-9-8-24-20/h2-7,12,17-18H,8-11,13-14,22H2,1H3. The summed E-state index contributed by atoms with van der Waals surface area (Å²) in [4.78, 5) is 2.39. The predicted molar refractivity (Wildman–Crippen MR) is 101 cm³/mol. The van der Waals surface area contributed by atoms with Crippen molar-refractivity contribution in [3.63, 3.8) is 0 Å². The van der Waals surface area contributed by atoms with Crippen LogP contribution < -0.4 is 20.1 Å². The van der Waals surface area contributed by atoms with Crippen LogP contribution in [0.15, 0.2) is 42.5 Å². The molecule has 4 heteroatoms. The normalized spacial score (nSPS) is 22.7. The molecule has 0 bridgehead atoms. The van der Waals surface area contributed by atoms with E-state index < -0.39 is 0 Å². The molecule has 2 aromatic carbocycles. The number of aryl methyl sites for hydroxylation is 1. The number of hydrogen-bond acceptors (Lipinski definition) is 4. The van der Waals surface area contributed by atoms with Crippen LogP contribution >= 0.6 is 0 Å². The van der Waals surface area contributed by atoms with Crippen molar-refractivity contribution >= 4 is 5.69 Å². The second-order valence-electron chi connectivity index (χ2n) is 7.28. The molecule has 0 radical (unpaired) electrons. The van der Waals surface area contributed by atoms with Crippen LogP contribution in [0, 0.1) is 12.8 Å². The summed E-state index contributed by atoms with van der Waals surface area (Å²) < 4.78 is 11.4. The molecule has 0 spiro atoms. The molecule has 2 N–H and O–H groups in total. The van der Waals surface area contributed by atoms with E-state index in [0.717, 1.165) is 37.4 Å². The van der Waals surface area contributed by atoms with E-state index in [2.05, 4.69) is 48.2 Å². The van der Waals surface area contributed by atoms with Crippen molar-refractivity contribution in [2.24, 2.45) is 11.7 Å². The van der Waals surface area contributed by atoms with Crippen molar-refractivity contribution in [1.82, 2.24) is 0 Å². The number of hydrogen-bond donors (Lipinski definition) is 1. The second-order valence-corrected chi connectivity index (χ2v) is 7.28. The largest absolute Gasteiger partial charge is 0.486 e. The van der Waals surface area contributed by atoms with E-state index in [9.17, 15) is 0 Å². The molecular formula is C21H26N2O2. The zero-order valence-electron chi connectivity index (χ0n) is 14.8. The second kappa shape index (κ2) is 6.96. The van der Waals surface area contributed by atoms with Crippen LogP contribution in [0.4, 0.5) is 5.69 Å². The minimum absolute atomic E-state index is 0.206. The van der Waals surface area contributed by atoms with Gasteiger partial charge in [0.1, 0.15) is 13.2 Å². The molecular weight excluding hydrogens is 312 g/mol. The van der Waals surface area contributed by atoms with Crippen LogP contribution in [0.3, 0.4) is 0 Å². The van der Waals surface area contributed by atoms with Crippen LogP contribution in [0.1, 0.15) is 17.5 Å². The summed E-state index contributed by atoms with van der Waals surface area (Å²) in [7, 11) is 0. The molecule has 25 heavy (non-hydrogen) atoms. The number of rotatable bonds is 3. The van der Waals surface area contributed by atoms with E-state index in [0.29, 0.717) is 19.1 Å². The fraction of sp³-hybridized carbons (Fsp3) is 0.429. The van der Waals surface area contributed by atoms with Crippen molar-refractivity contribution in [1.29, 1.82) is 0 Å². The third-order valence-electron chi connectivity index (χ3n) is 5.11. The summed E-state index contributed by atoms with van der Waals surface area (Å²) in [6.07, 6.45) is 2.16. The van der Waals surface area contributed by atoms with Gasteiger partial charge in [0.25, 0.3) is 0 Å². The monoisotopic (exact) mass is 338 g/mol. The van der Waals surface area contributed by atoms with Crippen molar-refractivity contribution in [3.05, 3.63) is 53.6 Å². The summed E-state index contributed by atoms with van der Waals surface area (Å²) in [5, 5.41) is 0. The van der Waals surface area contributed by atoms with Gasteiger partial charge in [-0.3, -0.25) is 0 Å². The molecule has 2 aliphatic heterocycles. The smallest absolute Gasteiger partial charge is 0.163 e. The molecule has 2 unspecified atom stereocenters. The molecule has 2 aliphatic rings. The Kier molecular flexibility index (Phi) is 4.53. The van der Waals surface area contributed by atoms with Crippen molar-refractivity contribution in [2.75, 3.05) is 31.2 Å². The number of piperidine rings is 1. The molecule has 0 aromatic heterocycles. The first-order chi connectivity index (χ1) is 12.2. The molecule has 0 aliphatic carbocycles. The fourth-order valence-corrected chi connectivity index (χ4v) is 3.89. The highest BCUT2D eigenvalue weighted by Crippen LogP contribution is 2.35. The number of anilines is 1. The third kappa shape index (κ3) is 3.74. The average Bonchev–Trinajstić information content (AvgIpc) is 2.63. The Morgan fingerprint density at radius 1 is 1.00 bits per heavy atom. The van der Waals surface area contributed by atoms with Gasteiger partial charge in [0.15, 0.2) is 11.5 Å². The zero-order chi connectivity index (χ0) is 17.2. The van der Waals surface area contributed by atoms with E-state index in [1.54, 1.807) is 0 Å². The van der Waals surface area contributed by atoms with E-state index >= 15 is 0 Å². The summed E-state index contributed by atoms with van der Waals surface area (Å²) in [6.45, 7) is 5.29. The van der Waals surface area contributed by atoms with E-state index in [-0.39, 0.29) is 6.04 Å². The Morgan fingerprint density at radius 3 is 2.56 bits per heavy atom. The zero-order valence-corrected chi connectivity index (χ0v) is 14.8. The van der Waals surface area contributed by atoms with Gasteiger partial charge in [-0.1, -0.05) is 29.8 Å². The fourth-order valence-electron chi connectivity index (χ4n) is 3.89. The van der Waals surface area contributed by atoms with E-state index in [4.69, 9.17) is 15.2 Å². The minimum Gasteiger partial charge on any atom is -0.486 e.